The Balaban J connectivity index is 2.15. The number of carbonyl (C=O) groups excluding carboxylic acids is 2. The summed E-state index contributed by atoms with van der Waals surface area (Å²) in [5, 5.41) is 7.06. The quantitative estimate of drug-likeness (QED) is 0.563. The average molecular weight is 431 g/mol. The normalized spacial score (nSPS) is 14.7. The lowest BCUT2D eigenvalue weighted by molar-refractivity contribution is -0.121. The fraction of sp³-hybridized carbons (Fsp3) is 0.375. The molecule has 2 rings (SSSR count). The van der Waals surface area contributed by atoms with Crippen molar-refractivity contribution in [1.82, 2.24) is 20.3 Å². The number of thioether (sulfide) groups is 2. The lowest BCUT2D eigenvalue weighted by atomic mass is 10.1. The van der Waals surface area contributed by atoms with Crippen LogP contribution in [0.15, 0.2) is 39.6 Å². The van der Waals surface area contributed by atoms with Crippen LogP contribution < -0.4 is 15.4 Å². The Kier molecular flexibility index (Phi) is 7.45. The van der Waals surface area contributed by atoms with E-state index in [2.05, 4.69) is 10.6 Å². The molecule has 27 heavy (non-hydrogen) atoms. The van der Waals surface area contributed by atoms with Gasteiger partial charge in [0, 0.05) is 18.1 Å². The maximum absolute atomic E-state index is 12.5. The van der Waals surface area contributed by atoms with Crippen molar-refractivity contribution in [1.29, 1.82) is 0 Å². The van der Waals surface area contributed by atoms with Crippen molar-refractivity contribution in [3.05, 3.63) is 35.4 Å². The Bertz CT molecular complexity index is 842. The Morgan fingerprint density at radius 2 is 2.11 bits per heavy atom. The largest absolute Gasteiger partial charge is 0.348 e. The highest BCUT2D eigenvalue weighted by atomic mass is 32.2. The molecule has 0 saturated heterocycles. The highest BCUT2D eigenvalue weighted by Crippen LogP contribution is 2.26. The molecule has 3 amide bonds. The number of urea groups is 1. The van der Waals surface area contributed by atoms with Crippen molar-refractivity contribution in [2.75, 3.05) is 19.2 Å². The number of nitrogens with zero attached hydrogens (tertiary/aromatic N) is 1. The third kappa shape index (κ3) is 5.81. The van der Waals surface area contributed by atoms with E-state index in [0.29, 0.717) is 10.5 Å². The lowest BCUT2D eigenvalue weighted by Gasteiger charge is -2.24. The van der Waals surface area contributed by atoms with Crippen LogP contribution in [0.25, 0.3) is 0 Å². The van der Waals surface area contributed by atoms with Crippen LogP contribution in [0.3, 0.4) is 0 Å². The van der Waals surface area contributed by atoms with Gasteiger partial charge < -0.3 is 15.5 Å². The fourth-order valence-corrected chi connectivity index (χ4v) is 5.30. The van der Waals surface area contributed by atoms with E-state index < -0.39 is 16.1 Å². The zero-order chi connectivity index (χ0) is 20.0. The molecule has 148 valence electrons. The second-order valence-corrected chi connectivity index (χ2v) is 9.05. The maximum Gasteiger partial charge on any atom is 0.328 e. The third-order valence-corrected chi connectivity index (χ3v) is 6.83. The summed E-state index contributed by atoms with van der Waals surface area (Å²) in [5.74, 6) is 0.560. The Labute approximate surface area is 167 Å². The van der Waals surface area contributed by atoms with Gasteiger partial charge in [0.1, 0.15) is 4.90 Å². The molecule has 0 spiro atoms. The average Bonchev–Trinajstić information content (AvgIpc) is 3.16. The van der Waals surface area contributed by atoms with Crippen molar-refractivity contribution in [3.63, 3.8) is 0 Å². The third-order valence-electron chi connectivity index (χ3n) is 3.78. The first-order chi connectivity index (χ1) is 12.8. The van der Waals surface area contributed by atoms with Gasteiger partial charge in [-0.1, -0.05) is 6.07 Å². The smallest absolute Gasteiger partial charge is 0.328 e. The van der Waals surface area contributed by atoms with Crippen LogP contribution in [0.1, 0.15) is 12.5 Å². The van der Waals surface area contributed by atoms with Crippen molar-refractivity contribution >= 4 is 45.5 Å². The monoisotopic (exact) mass is 430 g/mol. The number of hydrogen-bond donors (Lipinski definition) is 3. The van der Waals surface area contributed by atoms with E-state index in [1.54, 1.807) is 30.2 Å². The molecule has 1 aliphatic rings. The molecule has 0 aromatic heterocycles. The zero-order valence-electron chi connectivity index (χ0n) is 15.2. The van der Waals surface area contributed by atoms with E-state index in [-0.39, 0.29) is 23.4 Å². The van der Waals surface area contributed by atoms with Crippen molar-refractivity contribution in [2.45, 2.75) is 29.3 Å². The van der Waals surface area contributed by atoms with Crippen LogP contribution in [0, 0.1) is 0 Å². The second-order valence-electron chi connectivity index (χ2n) is 5.69. The number of nitrogens with one attached hydrogen (secondary N) is 3. The van der Waals surface area contributed by atoms with E-state index in [4.69, 9.17) is 0 Å². The summed E-state index contributed by atoms with van der Waals surface area (Å²) >= 11 is 2.89. The molecule has 0 fully saturated rings. The van der Waals surface area contributed by atoms with Gasteiger partial charge in [0.25, 0.3) is 10.0 Å². The summed E-state index contributed by atoms with van der Waals surface area (Å²) in [6.45, 7) is 1.88. The molecular formula is C16H22N4O4S3. The van der Waals surface area contributed by atoms with Gasteiger partial charge in [-0.3, -0.25) is 4.79 Å². The standard InChI is InChI=1S/C16H22N4O4S3/c1-11(20-6-7-26-10-20)18-15(21)9-12-4-5-13(25-3)14(8-12)27(23,24)19-16(22)17-2/h4-8,11H,9-10H2,1-3H3,(H,18,21)(H2,17,19,22). The number of hydrogen-bond acceptors (Lipinski definition) is 7. The molecular weight excluding hydrogens is 408 g/mol. The molecule has 1 unspecified atom stereocenters. The van der Waals surface area contributed by atoms with Crippen LogP contribution in [0.2, 0.25) is 0 Å². The molecule has 1 atom stereocenters. The first-order valence-corrected chi connectivity index (χ1v) is 11.8. The van der Waals surface area contributed by atoms with Crippen LogP contribution in [0.5, 0.6) is 0 Å². The highest BCUT2D eigenvalue weighted by Gasteiger charge is 2.22. The van der Waals surface area contributed by atoms with Gasteiger partial charge >= 0.3 is 6.03 Å². The van der Waals surface area contributed by atoms with Gasteiger partial charge in [-0.25, -0.2) is 17.9 Å². The predicted octanol–water partition coefficient (Wildman–Crippen LogP) is 1.51. The van der Waals surface area contributed by atoms with Crippen LogP contribution in [-0.2, 0) is 21.2 Å². The fourth-order valence-electron chi connectivity index (χ4n) is 2.36. The maximum atomic E-state index is 12.5. The predicted molar refractivity (Wildman–Crippen MR) is 108 cm³/mol. The lowest BCUT2D eigenvalue weighted by Crippen LogP contribution is -2.43. The summed E-state index contributed by atoms with van der Waals surface area (Å²) < 4.78 is 26.9. The number of amides is 3. The van der Waals surface area contributed by atoms with Gasteiger partial charge in [0.05, 0.1) is 18.5 Å². The van der Waals surface area contributed by atoms with E-state index in [0.717, 1.165) is 5.88 Å². The van der Waals surface area contributed by atoms with Crippen molar-refractivity contribution < 1.29 is 18.0 Å². The topological polar surface area (TPSA) is 108 Å². The molecule has 1 aromatic carbocycles. The first-order valence-electron chi connectivity index (χ1n) is 8.01. The molecule has 0 radical (unpaired) electrons. The van der Waals surface area contributed by atoms with Crippen molar-refractivity contribution in [2.24, 2.45) is 0 Å². The molecule has 1 aromatic rings. The highest BCUT2D eigenvalue weighted by molar-refractivity contribution is 8.02. The Hall–Kier alpha value is -1.85. The van der Waals surface area contributed by atoms with Gasteiger partial charge in [-0.05, 0) is 36.3 Å². The van der Waals surface area contributed by atoms with E-state index in [1.807, 2.05) is 28.2 Å². The summed E-state index contributed by atoms with van der Waals surface area (Å²) in [6.07, 6.45) is 3.53. The molecule has 3 N–H and O–H groups in total. The first kappa shape index (κ1) is 21.5. The van der Waals surface area contributed by atoms with Gasteiger partial charge in [-0.15, -0.1) is 23.5 Å². The summed E-state index contributed by atoms with van der Waals surface area (Å²) in [5.41, 5.74) is 0.543. The molecule has 8 nitrogen and oxygen atoms in total. The molecule has 0 aliphatic carbocycles. The number of carbonyl (C=O) groups is 2. The van der Waals surface area contributed by atoms with Crippen LogP contribution in [0.4, 0.5) is 4.79 Å². The van der Waals surface area contributed by atoms with Crippen molar-refractivity contribution in [3.8, 4) is 0 Å². The minimum absolute atomic E-state index is 0.0316. The molecule has 0 saturated carbocycles. The van der Waals surface area contributed by atoms with E-state index in [1.165, 1.54) is 24.9 Å². The molecule has 1 aliphatic heterocycles. The minimum atomic E-state index is -4.04. The minimum Gasteiger partial charge on any atom is -0.348 e. The van der Waals surface area contributed by atoms with Gasteiger partial charge in [0.2, 0.25) is 5.91 Å². The van der Waals surface area contributed by atoms with Crippen LogP contribution >= 0.6 is 23.5 Å². The second kappa shape index (κ2) is 9.38. The zero-order valence-corrected chi connectivity index (χ0v) is 17.6. The number of rotatable bonds is 7. The summed E-state index contributed by atoms with van der Waals surface area (Å²) in [6, 6.07) is 3.94. The van der Waals surface area contributed by atoms with E-state index >= 15 is 0 Å². The van der Waals surface area contributed by atoms with Crippen LogP contribution in [-0.4, -0.2) is 50.6 Å². The summed E-state index contributed by atoms with van der Waals surface area (Å²) in [7, 11) is -2.71. The SMILES string of the molecule is CNC(=O)NS(=O)(=O)c1cc(CC(=O)NC(C)N2C=CSC2)ccc1SC. The molecule has 0 bridgehead atoms. The summed E-state index contributed by atoms with van der Waals surface area (Å²) in [4.78, 5) is 26.2. The van der Waals surface area contributed by atoms with E-state index in [9.17, 15) is 18.0 Å². The molecule has 11 heteroatoms. The number of benzene rings is 1. The van der Waals surface area contributed by atoms with Gasteiger partial charge in [0.15, 0.2) is 0 Å². The number of sulfonamides is 1. The Morgan fingerprint density at radius 1 is 1.37 bits per heavy atom. The Morgan fingerprint density at radius 3 is 2.70 bits per heavy atom. The molecule has 1 heterocycles. The van der Waals surface area contributed by atoms with Gasteiger partial charge in [-0.2, -0.15) is 0 Å².